The van der Waals surface area contributed by atoms with Gasteiger partial charge in [0, 0.05) is 0 Å². The third kappa shape index (κ3) is 2.80. The number of ketones is 1. The van der Waals surface area contributed by atoms with Crippen LogP contribution in [0.25, 0.3) is 0 Å². The van der Waals surface area contributed by atoms with E-state index in [9.17, 15) is 19.5 Å². The number of hydrogen-bond donors (Lipinski definition) is 1. The average Bonchev–Trinajstić information content (AvgIpc) is 2.06. The van der Waals surface area contributed by atoms with Crippen molar-refractivity contribution in [2.75, 3.05) is 0 Å². The predicted molar refractivity (Wildman–Crippen MR) is 40.7 cm³/mol. The molecule has 0 unspecified atom stereocenters. The Morgan fingerprint density at radius 1 is 1.21 bits per heavy atom. The van der Waals surface area contributed by atoms with Gasteiger partial charge in [0.05, 0.1) is 11.4 Å². The van der Waals surface area contributed by atoms with Gasteiger partial charge in [-0.3, -0.25) is 4.79 Å². The number of aliphatic carboxylic acids is 2. The molecule has 0 spiro atoms. The minimum atomic E-state index is -1.87. The molecule has 0 rings (SSSR count). The second-order valence-electron chi connectivity index (χ2n) is 2.71. The van der Waals surface area contributed by atoms with Gasteiger partial charge in [-0.2, -0.15) is 0 Å². The Kier molecular flexibility index (Phi) is 7.07. The van der Waals surface area contributed by atoms with E-state index in [1.807, 2.05) is 0 Å². The summed E-state index contributed by atoms with van der Waals surface area (Å²) >= 11 is 0. The molecule has 0 amide bonds. The average molecular weight is 210 g/mol. The van der Waals surface area contributed by atoms with Crippen molar-refractivity contribution in [3.8, 4) is 0 Å². The molecule has 0 heterocycles. The molecular formula is C8H11NaO5. The van der Waals surface area contributed by atoms with E-state index < -0.39 is 23.1 Å². The largest absolute Gasteiger partial charge is 1.00 e. The van der Waals surface area contributed by atoms with Crippen molar-refractivity contribution in [2.45, 2.75) is 26.7 Å². The van der Waals surface area contributed by atoms with Gasteiger partial charge in [0.1, 0.15) is 0 Å². The molecule has 0 aromatic heterocycles. The van der Waals surface area contributed by atoms with Crippen LogP contribution in [0.15, 0.2) is 0 Å². The molecule has 0 aromatic carbocycles. The van der Waals surface area contributed by atoms with Gasteiger partial charge in [0.25, 0.3) is 5.78 Å². The van der Waals surface area contributed by atoms with E-state index in [1.165, 1.54) is 13.8 Å². The minimum absolute atomic E-state index is 0. The predicted octanol–water partition coefficient (Wildman–Crippen LogP) is -3.80. The van der Waals surface area contributed by atoms with E-state index in [4.69, 9.17) is 5.11 Å². The molecule has 0 fully saturated rings. The molecule has 74 valence electrons. The van der Waals surface area contributed by atoms with Crippen molar-refractivity contribution in [1.29, 1.82) is 0 Å². The maximum atomic E-state index is 11.0. The molecule has 0 saturated carbocycles. The van der Waals surface area contributed by atoms with Crippen LogP contribution in [0.3, 0.4) is 0 Å². The van der Waals surface area contributed by atoms with Crippen molar-refractivity contribution in [2.24, 2.45) is 5.41 Å². The van der Waals surface area contributed by atoms with Gasteiger partial charge >= 0.3 is 35.5 Å². The summed E-state index contributed by atoms with van der Waals surface area (Å²) in [7, 11) is 0. The van der Waals surface area contributed by atoms with Gasteiger partial charge < -0.3 is 15.0 Å². The second-order valence-corrected chi connectivity index (χ2v) is 2.71. The summed E-state index contributed by atoms with van der Waals surface area (Å²) < 4.78 is 0. The molecule has 0 radical (unpaired) electrons. The zero-order chi connectivity index (χ0) is 10.6. The third-order valence-corrected chi connectivity index (χ3v) is 2.23. The minimum Gasteiger partial charge on any atom is -0.549 e. The number of Topliss-reactive ketones (excluding diaryl/α,β-unsaturated/α-hetero) is 1. The molecule has 0 atom stereocenters. The van der Waals surface area contributed by atoms with Crippen LogP contribution in [0.1, 0.15) is 26.7 Å². The SMILES string of the molecule is CCC(CC)(C(=O)[O-])C(=O)C(=O)O.[Na+]. The zero-order valence-electron chi connectivity index (χ0n) is 8.49. The Hall–Kier alpha value is -0.390. The van der Waals surface area contributed by atoms with E-state index >= 15 is 0 Å². The topological polar surface area (TPSA) is 94.5 Å². The number of rotatable bonds is 5. The van der Waals surface area contributed by atoms with Gasteiger partial charge in [-0.05, 0) is 12.8 Å². The van der Waals surface area contributed by atoms with Crippen molar-refractivity contribution >= 4 is 17.7 Å². The van der Waals surface area contributed by atoms with Gasteiger partial charge in [0.2, 0.25) is 0 Å². The maximum absolute atomic E-state index is 11.0. The van der Waals surface area contributed by atoms with Crippen molar-refractivity contribution < 1.29 is 54.2 Å². The Bertz CT molecular complexity index is 244. The van der Waals surface area contributed by atoms with Crippen LogP contribution in [0.4, 0.5) is 0 Å². The first-order valence-electron chi connectivity index (χ1n) is 3.91. The second kappa shape index (κ2) is 6.16. The Labute approximate surface area is 104 Å². The normalized spacial score (nSPS) is 10.1. The van der Waals surface area contributed by atoms with Crippen LogP contribution < -0.4 is 34.7 Å². The van der Waals surface area contributed by atoms with Crippen LogP contribution in [-0.2, 0) is 14.4 Å². The quantitative estimate of drug-likeness (QED) is 0.285. The molecule has 14 heavy (non-hydrogen) atoms. The molecule has 1 N–H and O–H groups in total. The van der Waals surface area contributed by atoms with Crippen LogP contribution in [0.5, 0.6) is 0 Å². The summed E-state index contributed by atoms with van der Waals surface area (Å²) in [4.78, 5) is 32.0. The first-order valence-corrected chi connectivity index (χ1v) is 3.91. The summed E-state index contributed by atoms with van der Waals surface area (Å²) in [5, 5.41) is 19.0. The number of carbonyl (C=O) groups excluding carboxylic acids is 2. The van der Waals surface area contributed by atoms with E-state index in [0.29, 0.717) is 0 Å². The maximum Gasteiger partial charge on any atom is 1.00 e. The molecule has 0 aromatic rings. The summed E-state index contributed by atoms with van der Waals surface area (Å²) in [5.41, 5.74) is -1.87. The van der Waals surface area contributed by atoms with Crippen molar-refractivity contribution in [3.05, 3.63) is 0 Å². The fraction of sp³-hybridized carbons (Fsp3) is 0.625. The summed E-state index contributed by atoms with van der Waals surface area (Å²) in [6.45, 7) is 2.89. The van der Waals surface area contributed by atoms with E-state index in [2.05, 4.69) is 0 Å². The van der Waals surface area contributed by atoms with Crippen LogP contribution in [0.2, 0.25) is 0 Å². The first-order chi connectivity index (χ1) is 5.92. The molecule has 6 heteroatoms. The number of carboxylic acids is 2. The van der Waals surface area contributed by atoms with Crippen molar-refractivity contribution in [3.63, 3.8) is 0 Å². The molecule has 0 aliphatic carbocycles. The van der Waals surface area contributed by atoms with E-state index in [-0.39, 0.29) is 42.4 Å². The Balaban J connectivity index is 0. The van der Waals surface area contributed by atoms with E-state index in [0.717, 1.165) is 0 Å². The van der Waals surface area contributed by atoms with Crippen LogP contribution in [0, 0.1) is 5.41 Å². The van der Waals surface area contributed by atoms with Crippen LogP contribution >= 0.6 is 0 Å². The molecule has 0 bridgehead atoms. The monoisotopic (exact) mass is 210 g/mol. The molecule has 0 aliphatic rings. The molecule has 5 nitrogen and oxygen atoms in total. The zero-order valence-corrected chi connectivity index (χ0v) is 10.5. The van der Waals surface area contributed by atoms with Gasteiger partial charge in [-0.25, -0.2) is 4.79 Å². The smallest absolute Gasteiger partial charge is 0.549 e. The van der Waals surface area contributed by atoms with Gasteiger partial charge in [-0.15, -0.1) is 0 Å². The summed E-state index contributed by atoms with van der Waals surface area (Å²) in [5.74, 6) is -4.66. The van der Waals surface area contributed by atoms with Gasteiger partial charge in [0.15, 0.2) is 0 Å². The van der Waals surface area contributed by atoms with E-state index in [1.54, 1.807) is 0 Å². The summed E-state index contributed by atoms with van der Waals surface area (Å²) in [6.07, 6.45) is -0.145. The van der Waals surface area contributed by atoms with Crippen molar-refractivity contribution in [1.82, 2.24) is 0 Å². The molecular weight excluding hydrogens is 199 g/mol. The fourth-order valence-electron chi connectivity index (χ4n) is 1.16. The Morgan fingerprint density at radius 3 is 1.64 bits per heavy atom. The number of carboxylic acid groups (broad SMARTS) is 2. The first kappa shape index (κ1) is 16.1. The Morgan fingerprint density at radius 2 is 1.57 bits per heavy atom. The fourth-order valence-corrected chi connectivity index (χ4v) is 1.16. The number of hydrogen-bond acceptors (Lipinski definition) is 4. The van der Waals surface area contributed by atoms with Crippen LogP contribution in [-0.4, -0.2) is 22.8 Å². The summed E-state index contributed by atoms with van der Waals surface area (Å²) in [6, 6.07) is 0. The molecule has 0 aliphatic heterocycles. The van der Waals surface area contributed by atoms with Gasteiger partial charge in [-0.1, -0.05) is 13.8 Å². The molecule has 0 saturated heterocycles. The number of carbonyl (C=O) groups is 3. The third-order valence-electron chi connectivity index (χ3n) is 2.23. The standard InChI is InChI=1S/C8H12O5.Na/c1-3-8(4-2,7(12)13)5(9)6(10)11;/h3-4H2,1-2H3,(H,10,11)(H,12,13);/q;+1/p-1.